The molecule has 0 aliphatic rings. The number of ketones is 1. The molecule has 0 atom stereocenters. The third-order valence-electron chi connectivity index (χ3n) is 4.84. The number of hydrogen-bond donors (Lipinski definition) is 0. The zero-order valence-corrected chi connectivity index (χ0v) is 18.8. The van der Waals surface area contributed by atoms with Crippen molar-refractivity contribution in [3.05, 3.63) is 52.4 Å². The number of benzene rings is 1. The van der Waals surface area contributed by atoms with Gasteiger partial charge in [-0.25, -0.2) is 4.79 Å². The number of Topliss-reactive ketones (excluding diaryl/α,β-unsaturated/α-hetero) is 1. The lowest BCUT2D eigenvalue weighted by Crippen LogP contribution is -2.15. The molecule has 0 N–H and O–H groups in total. The van der Waals surface area contributed by atoms with Gasteiger partial charge in [-0.15, -0.1) is 0 Å². The van der Waals surface area contributed by atoms with Gasteiger partial charge in [0.2, 0.25) is 0 Å². The van der Waals surface area contributed by atoms with Gasteiger partial charge in [-0.2, -0.15) is 5.26 Å². The SMILES string of the molecule is COc1ccc(C(=O)COC(=O)/C(C#N)=C/c2cc(C)n(CC(C)C)c2C)cc1OC. The van der Waals surface area contributed by atoms with Crippen LogP contribution in [-0.4, -0.2) is 37.1 Å². The summed E-state index contributed by atoms with van der Waals surface area (Å²) in [5.74, 6) is 0.0890. The standard InChI is InChI=1S/C24H28N2O5/c1-15(2)13-26-16(3)9-19(17(26)4)10-20(12-25)24(28)31-14-21(27)18-7-8-22(29-5)23(11-18)30-6/h7-11,15H,13-14H2,1-6H3/b20-10+. The normalized spacial score (nSPS) is 11.2. The number of methoxy groups -OCH3 is 2. The number of ether oxygens (including phenoxy) is 3. The fourth-order valence-electron chi connectivity index (χ4n) is 3.21. The second-order valence-corrected chi connectivity index (χ2v) is 7.57. The summed E-state index contributed by atoms with van der Waals surface area (Å²) in [5.41, 5.74) is 2.94. The summed E-state index contributed by atoms with van der Waals surface area (Å²) in [6, 6.07) is 8.47. The number of nitrogens with zero attached hydrogens (tertiary/aromatic N) is 2. The van der Waals surface area contributed by atoms with Crippen LogP contribution >= 0.6 is 0 Å². The van der Waals surface area contributed by atoms with E-state index in [1.807, 2.05) is 26.0 Å². The molecule has 164 valence electrons. The summed E-state index contributed by atoms with van der Waals surface area (Å²) >= 11 is 0. The predicted octanol–water partition coefficient (Wildman–Crippen LogP) is 4.11. The highest BCUT2D eigenvalue weighted by Gasteiger charge is 2.17. The maximum Gasteiger partial charge on any atom is 0.349 e. The van der Waals surface area contributed by atoms with Gasteiger partial charge in [-0.05, 0) is 55.7 Å². The second-order valence-electron chi connectivity index (χ2n) is 7.57. The molecular formula is C24H28N2O5. The molecule has 0 amide bonds. The number of hydrogen-bond acceptors (Lipinski definition) is 6. The smallest absolute Gasteiger partial charge is 0.349 e. The molecular weight excluding hydrogens is 396 g/mol. The Labute approximate surface area is 182 Å². The van der Waals surface area contributed by atoms with Gasteiger partial charge < -0.3 is 18.8 Å². The molecule has 7 nitrogen and oxygen atoms in total. The average molecular weight is 424 g/mol. The van der Waals surface area contributed by atoms with Crippen LogP contribution in [0.2, 0.25) is 0 Å². The van der Waals surface area contributed by atoms with E-state index in [0.29, 0.717) is 23.0 Å². The van der Waals surface area contributed by atoms with Crippen LogP contribution in [0.5, 0.6) is 11.5 Å². The Bertz CT molecular complexity index is 1040. The fourth-order valence-corrected chi connectivity index (χ4v) is 3.21. The van der Waals surface area contributed by atoms with Crippen LogP contribution in [0.4, 0.5) is 0 Å². The Morgan fingerprint density at radius 3 is 2.39 bits per heavy atom. The first-order chi connectivity index (χ1) is 14.7. The molecule has 2 aromatic rings. The molecule has 0 aliphatic heterocycles. The van der Waals surface area contributed by atoms with Crippen molar-refractivity contribution in [2.45, 2.75) is 34.2 Å². The van der Waals surface area contributed by atoms with Gasteiger partial charge in [-0.3, -0.25) is 4.79 Å². The van der Waals surface area contributed by atoms with Crippen molar-refractivity contribution in [1.82, 2.24) is 4.57 Å². The molecule has 0 radical (unpaired) electrons. The molecule has 0 aliphatic carbocycles. The van der Waals surface area contributed by atoms with Crippen LogP contribution in [-0.2, 0) is 16.1 Å². The van der Waals surface area contributed by atoms with Crippen LogP contribution in [0, 0.1) is 31.1 Å². The molecule has 0 spiro atoms. The monoisotopic (exact) mass is 424 g/mol. The highest BCUT2D eigenvalue weighted by molar-refractivity contribution is 6.02. The van der Waals surface area contributed by atoms with Crippen LogP contribution in [0.15, 0.2) is 29.8 Å². The zero-order valence-electron chi connectivity index (χ0n) is 18.8. The van der Waals surface area contributed by atoms with Crippen LogP contribution in [0.1, 0.15) is 41.2 Å². The number of carbonyl (C=O) groups is 2. The molecule has 2 rings (SSSR count). The predicted molar refractivity (Wildman–Crippen MR) is 117 cm³/mol. The van der Waals surface area contributed by atoms with Crippen LogP contribution in [0.3, 0.4) is 0 Å². The molecule has 1 aromatic carbocycles. The fraction of sp³-hybridized carbons (Fsp3) is 0.375. The average Bonchev–Trinajstić information content (AvgIpc) is 3.01. The van der Waals surface area contributed by atoms with E-state index < -0.39 is 18.4 Å². The van der Waals surface area contributed by atoms with Gasteiger partial charge >= 0.3 is 5.97 Å². The van der Waals surface area contributed by atoms with E-state index in [1.165, 1.54) is 26.4 Å². The molecule has 1 heterocycles. The van der Waals surface area contributed by atoms with Gasteiger partial charge in [0.1, 0.15) is 11.6 Å². The molecule has 0 fully saturated rings. The number of carbonyl (C=O) groups excluding carboxylic acids is 2. The lowest BCUT2D eigenvalue weighted by Gasteiger charge is -2.12. The van der Waals surface area contributed by atoms with E-state index >= 15 is 0 Å². The van der Waals surface area contributed by atoms with Gasteiger partial charge in [0.25, 0.3) is 0 Å². The molecule has 0 saturated carbocycles. The summed E-state index contributed by atoms with van der Waals surface area (Å²) in [7, 11) is 2.96. The van der Waals surface area contributed by atoms with Gasteiger partial charge in [0.15, 0.2) is 23.9 Å². The number of esters is 1. The summed E-state index contributed by atoms with van der Waals surface area (Å²) in [6.45, 7) is 8.54. The molecule has 1 aromatic heterocycles. The highest BCUT2D eigenvalue weighted by atomic mass is 16.5. The molecule has 0 unspecified atom stereocenters. The van der Waals surface area contributed by atoms with Gasteiger partial charge in [0, 0.05) is 23.5 Å². The molecule has 7 heteroatoms. The van der Waals surface area contributed by atoms with E-state index in [2.05, 4.69) is 18.4 Å². The van der Waals surface area contributed by atoms with Crippen molar-refractivity contribution in [3.63, 3.8) is 0 Å². The summed E-state index contributed by atoms with van der Waals surface area (Å²) < 4.78 is 17.6. The van der Waals surface area contributed by atoms with E-state index in [1.54, 1.807) is 12.1 Å². The van der Waals surface area contributed by atoms with E-state index in [9.17, 15) is 14.9 Å². The lowest BCUT2D eigenvalue weighted by molar-refractivity contribution is -0.137. The topological polar surface area (TPSA) is 90.5 Å². The van der Waals surface area contributed by atoms with Crippen LogP contribution < -0.4 is 9.47 Å². The van der Waals surface area contributed by atoms with Gasteiger partial charge in [0.05, 0.1) is 14.2 Å². The van der Waals surface area contributed by atoms with Crippen molar-refractivity contribution in [3.8, 4) is 17.6 Å². The maximum absolute atomic E-state index is 12.4. The number of aryl methyl sites for hydroxylation is 1. The minimum absolute atomic E-state index is 0.162. The van der Waals surface area contributed by atoms with E-state index in [-0.39, 0.29) is 5.57 Å². The third kappa shape index (κ3) is 5.76. The van der Waals surface area contributed by atoms with Crippen molar-refractivity contribution >= 4 is 17.8 Å². The first-order valence-electron chi connectivity index (χ1n) is 9.92. The summed E-state index contributed by atoms with van der Waals surface area (Å²) in [6.07, 6.45) is 1.50. The van der Waals surface area contributed by atoms with Crippen molar-refractivity contribution < 1.29 is 23.8 Å². The van der Waals surface area contributed by atoms with E-state index in [4.69, 9.17) is 14.2 Å². The van der Waals surface area contributed by atoms with Gasteiger partial charge in [-0.1, -0.05) is 13.8 Å². The molecule has 31 heavy (non-hydrogen) atoms. The third-order valence-corrected chi connectivity index (χ3v) is 4.84. The Hall–Kier alpha value is -3.53. The zero-order chi connectivity index (χ0) is 23.1. The first-order valence-corrected chi connectivity index (χ1v) is 9.92. The number of aromatic nitrogens is 1. The minimum Gasteiger partial charge on any atom is -0.493 e. The quantitative estimate of drug-likeness (QED) is 0.260. The number of rotatable bonds is 9. The van der Waals surface area contributed by atoms with Crippen molar-refractivity contribution in [2.75, 3.05) is 20.8 Å². The second kappa shape index (κ2) is 10.5. The minimum atomic E-state index is -0.843. The Kier molecular flexibility index (Phi) is 8.03. The lowest BCUT2D eigenvalue weighted by atomic mass is 10.1. The van der Waals surface area contributed by atoms with Crippen molar-refractivity contribution in [1.29, 1.82) is 5.26 Å². The van der Waals surface area contributed by atoms with Crippen molar-refractivity contribution in [2.24, 2.45) is 5.92 Å². The molecule has 0 saturated heterocycles. The highest BCUT2D eigenvalue weighted by Crippen LogP contribution is 2.27. The maximum atomic E-state index is 12.4. The Morgan fingerprint density at radius 1 is 1.13 bits per heavy atom. The first kappa shape index (κ1) is 23.7. The molecule has 0 bridgehead atoms. The van der Waals surface area contributed by atoms with Crippen LogP contribution in [0.25, 0.3) is 6.08 Å². The summed E-state index contributed by atoms with van der Waals surface area (Å²) in [4.78, 5) is 24.8. The Balaban J connectivity index is 2.14. The van der Waals surface area contributed by atoms with E-state index in [0.717, 1.165) is 23.5 Å². The number of nitriles is 1. The summed E-state index contributed by atoms with van der Waals surface area (Å²) in [5, 5.41) is 9.44. The Morgan fingerprint density at radius 2 is 1.81 bits per heavy atom. The largest absolute Gasteiger partial charge is 0.493 e.